The van der Waals surface area contributed by atoms with Gasteiger partial charge in [-0.2, -0.15) is 5.10 Å². The second-order valence-electron chi connectivity index (χ2n) is 7.41. The molecular weight excluding hydrogens is 445 g/mol. The average molecular weight is 466 g/mol. The first-order valence-electron chi connectivity index (χ1n) is 9.80. The van der Waals surface area contributed by atoms with Gasteiger partial charge in [-0.3, -0.25) is 14.5 Å². The lowest BCUT2D eigenvalue weighted by Crippen LogP contribution is -2.31. The number of alkyl halides is 1. The molecule has 5 N–H and O–H groups in total. The molecule has 4 rings (SSSR count). The number of carbonyl (C=O) groups excluding carboxylic acids is 1. The van der Waals surface area contributed by atoms with Crippen molar-refractivity contribution >= 4 is 33.8 Å². The lowest BCUT2D eigenvalue weighted by molar-refractivity contribution is 0.102. The number of nitrogens with one attached hydrogen (secondary N) is 1. The molecule has 0 aromatic carbocycles. The van der Waals surface area contributed by atoms with Crippen LogP contribution in [0.1, 0.15) is 23.3 Å². The Labute approximate surface area is 185 Å². The van der Waals surface area contributed by atoms with Gasteiger partial charge in [0.1, 0.15) is 21.9 Å². The molecule has 1 aliphatic heterocycles. The molecule has 170 valence electrons. The van der Waals surface area contributed by atoms with E-state index in [1.54, 1.807) is 11.7 Å². The maximum Gasteiger partial charge on any atom is 0.277 e. The third kappa shape index (κ3) is 4.12. The topological polar surface area (TPSA) is 128 Å². The molecule has 0 saturated carbocycles. The monoisotopic (exact) mass is 466 g/mol. The Morgan fingerprint density at radius 2 is 1.91 bits per heavy atom. The molecule has 1 fully saturated rings. The highest BCUT2D eigenvalue weighted by Gasteiger charge is 2.28. The maximum absolute atomic E-state index is 14.0. The van der Waals surface area contributed by atoms with E-state index in [2.05, 4.69) is 20.4 Å². The lowest BCUT2D eigenvalue weighted by atomic mass is 10.1. The zero-order valence-electron chi connectivity index (χ0n) is 17.1. The van der Waals surface area contributed by atoms with Gasteiger partial charge in [-0.05, 0) is 12.8 Å². The molecule has 2 atom stereocenters. The van der Waals surface area contributed by atoms with Gasteiger partial charge in [-0.1, -0.05) is 11.3 Å². The van der Waals surface area contributed by atoms with Gasteiger partial charge in [0.25, 0.3) is 5.91 Å². The minimum atomic E-state index is -1.10. The van der Waals surface area contributed by atoms with E-state index < -0.39 is 35.3 Å². The van der Waals surface area contributed by atoms with Crippen molar-refractivity contribution in [1.29, 1.82) is 0 Å². The van der Waals surface area contributed by atoms with Gasteiger partial charge in [0.05, 0.1) is 24.2 Å². The summed E-state index contributed by atoms with van der Waals surface area (Å²) in [5.41, 5.74) is 11.6. The number of thiazole rings is 1. The molecule has 32 heavy (non-hydrogen) atoms. The van der Waals surface area contributed by atoms with E-state index in [1.807, 2.05) is 4.90 Å². The standard InChI is InChI=1S/C19H21F3N8OS/c1-29-19(30-4-2-9(20)12(23)3-5-30)13(8-26-29)27-17(31)15-16(24)32-18(28-15)14-10(21)6-25-7-11(14)22/h6-9,12H,2-5,23-24H2,1H3,(H,27,31)/t9-,12-/m1/s1. The first kappa shape index (κ1) is 22.0. The first-order chi connectivity index (χ1) is 15.3. The van der Waals surface area contributed by atoms with Crippen molar-refractivity contribution in [3.63, 3.8) is 0 Å². The molecule has 4 heterocycles. The minimum absolute atomic E-state index is 0.000398. The van der Waals surface area contributed by atoms with Crippen molar-refractivity contribution in [2.75, 3.05) is 29.0 Å². The van der Waals surface area contributed by atoms with Gasteiger partial charge in [0.2, 0.25) is 0 Å². The third-order valence-corrected chi connectivity index (χ3v) is 6.16. The Morgan fingerprint density at radius 3 is 2.62 bits per heavy atom. The van der Waals surface area contributed by atoms with Crippen LogP contribution in [0.15, 0.2) is 18.6 Å². The van der Waals surface area contributed by atoms with Crippen molar-refractivity contribution < 1.29 is 18.0 Å². The van der Waals surface area contributed by atoms with Gasteiger partial charge in [0.15, 0.2) is 23.1 Å². The highest BCUT2D eigenvalue weighted by Crippen LogP contribution is 2.34. The second-order valence-corrected chi connectivity index (χ2v) is 8.44. The summed E-state index contributed by atoms with van der Waals surface area (Å²) in [6, 6.07) is -0.548. The van der Waals surface area contributed by atoms with E-state index in [-0.39, 0.29) is 22.1 Å². The van der Waals surface area contributed by atoms with Gasteiger partial charge >= 0.3 is 0 Å². The number of rotatable bonds is 4. The van der Waals surface area contributed by atoms with Crippen LogP contribution in [-0.2, 0) is 7.05 Å². The van der Waals surface area contributed by atoms with Gasteiger partial charge in [-0.25, -0.2) is 18.2 Å². The van der Waals surface area contributed by atoms with Crippen LogP contribution in [0.2, 0.25) is 0 Å². The van der Waals surface area contributed by atoms with E-state index in [1.165, 1.54) is 6.20 Å². The minimum Gasteiger partial charge on any atom is -0.389 e. The zero-order valence-corrected chi connectivity index (χ0v) is 17.9. The van der Waals surface area contributed by atoms with E-state index in [9.17, 15) is 18.0 Å². The highest BCUT2D eigenvalue weighted by atomic mass is 32.1. The number of nitrogen functional groups attached to an aromatic ring is 1. The average Bonchev–Trinajstić information content (AvgIpc) is 3.25. The third-order valence-electron chi connectivity index (χ3n) is 5.26. The summed E-state index contributed by atoms with van der Waals surface area (Å²) in [5.74, 6) is -1.90. The number of nitrogens with zero attached hydrogens (tertiary/aromatic N) is 5. The molecular formula is C19H21F3N8OS. The molecule has 0 spiro atoms. The van der Waals surface area contributed by atoms with Crippen LogP contribution < -0.4 is 21.7 Å². The summed E-state index contributed by atoms with van der Waals surface area (Å²) in [4.78, 5) is 22.3. The Kier molecular flexibility index (Phi) is 6.02. The highest BCUT2D eigenvalue weighted by molar-refractivity contribution is 7.19. The molecule has 3 aromatic rings. The molecule has 3 aromatic heterocycles. The van der Waals surface area contributed by atoms with Crippen molar-refractivity contribution in [2.45, 2.75) is 25.1 Å². The van der Waals surface area contributed by atoms with Crippen LogP contribution in [0.5, 0.6) is 0 Å². The maximum atomic E-state index is 14.0. The summed E-state index contributed by atoms with van der Waals surface area (Å²) >= 11 is 0.787. The molecule has 0 aliphatic carbocycles. The number of halogens is 3. The Hall–Kier alpha value is -3.19. The summed E-state index contributed by atoms with van der Waals surface area (Å²) in [5, 5.41) is 6.81. The number of amides is 1. The molecule has 9 nitrogen and oxygen atoms in total. The Balaban J connectivity index is 1.59. The van der Waals surface area contributed by atoms with Crippen molar-refractivity contribution in [3.05, 3.63) is 35.9 Å². The van der Waals surface area contributed by atoms with Crippen molar-refractivity contribution in [1.82, 2.24) is 19.7 Å². The smallest absolute Gasteiger partial charge is 0.277 e. The number of aryl methyl sites for hydroxylation is 1. The Morgan fingerprint density at radius 1 is 1.22 bits per heavy atom. The zero-order chi connectivity index (χ0) is 23.0. The number of carbonyl (C=O) groups is 1. The molecule has 1 saturated heterocycles. The number of hydrogen-bond donors (Lipinski definition) is 3. The number of aromatic nitrogens is 4. The molecule has 13 heteroatoms. The van der Waals surface area contributed by atoms with Crippen molar-refractivity contribution in [3.8, 4) is 10.6 Å². The van der Waals surface area contributed by atoms with E-state index in [4.69, 9.17) is 11.5 Å². The predicted molar refractivity (Wildman–Crippen MR) is 115 cm³/mol. The van der Waals surface area contributed by atoms with Gasteiger partial charge in [-0.15, -0.1) is 0 Å². The fourth-order valence-corrected chi connectivity index (χ4v) is 4.47. The summed E-state index contributed by atoms with van der Waals surface area (Å²) in [6.45, 7) is 0.897. The number of hydrogen-bond acceptors (Lipinski definition) is 8. The second kappa shape index (κ2) is 8.74. The lowest BCUT2D eigenvalue weighted by Gasteiger charge is -2.24. The number of anilines is 3. The molecule has 0 bridgehead atoms. The van der Waals surface area contributed by atoms with Crippen LogP contribution in [0.25, 0.3) is 10.6 Å². The van der Waals surface area contributed by atoms with Crippen molar-refractivity contribution in [2.24, 2.45) is 12.8 Å². The molecule has 0 unspecified atom stereocenters. The van der Waals surface area contributed by atoms with E-state index >= 15 is 0 Å². The first-order valence-corrected chi connectivity index (χ1v) is 10.6. The molecule has 1 amide bonds. The van der Waals surface area contributed by atoms with Crippen LogP contribution >= 0.6 is 11.3 Å². The van der Waals surface area contributed by atoms with E-state index in [0.29, 0.717) is 31.0 Å². The summed E-state index contributed by atoms with van der Waals surface area (Å²) < 4.78 is 43.7. The Bertz CT molecular complexity index is 1120. The molecule has 0 radical (unpaired) electrons. The van der Waals surface area contributed by atoms with Crippen LogP contribution in [0.3, 0.4) is 0 Å². The normalized spacial score (nSPS) is 19.1. The summed E-state index contributed by atoms with van der Waals surface area (Å²) in [6.07, 6.45) is 2.76. The van der Waals surface area contributed by atoms with Crippen LogP contribution in [-0.4, -0.2) is 51.0 Å². The van der Waals surface area contributed by atoms with Gasteiger partial charge in [0, 0.05) is 26.2 Å². The SMILES string of the molecule is Cn1ncc(NC(=O)c2nc(-c3c(F)cncc3F)sc2N)c1N1CC[C@@H](N)[C@H](F)CC1. The van der Waals surface area contributed by atoms with Crippen LogP contribution in [0.4, 0.5) is 29.7 Å². The number of nitrogens with two attached hydrogens (primary N) is 2. The van der Waals surface area contributed by atoms with Crippen LogP contribution in [0, 0.1) is 11.6 Å². The van der Waals surface area contributed by atoms with E-state index in [0.717, 1.165) is 23.7 Å². The fraction of sp³-hybridized carbons (Fsp3) is 0.368. The fourth-order valence-electron chi connectivity index (χ4n) is 3.60. The quantitative estimate of drug-likeness (QED) is 0.538. The predicted octanol–water partition coefficient (Wildman–Crippen LogP) is 2.32. The largest absolute Gasteiger partial charge is 0.389 e. The molecule has 1 aliphatic rings. The number of pyridine rings is 1. The van der Waals surface area contributed by atoms with Gasteiger partial charge < -0.3 is 21.7 Å². The summed E-state index contributed by atoms with van der Waals surface area (Å²) in [7, 11) is 1.70.